The summed E-state index contributed by atoms with van der Waals surface area (Å²) in [6, 6.07) is 0. The molecule has 97 valence electrons. The molecule has 0 nitrogen and oxygen atoms in total. The Balaban J connectivity index is 3.61. The van der Waals surface area contributed by atoms with Crippen LogP contribution >= 0.6 is 23.5 Å². The first-order valence-corrected chi connectivity index (χ1v) is 8.68. The Morgan fingerprint density at radius 3 is 2.31 bits per heavy atom. The fourth-order valence-electron chi connectivity index (χ4n) is 1.54. The van der Waals surface area contributed by atoms with Crippen LogP contribution in [-0.4, -0.2) is 21.5 Å². The first-order valence-electron chi connectivity index (χ1n) is 6.65. The van der Waals surface area contributed by atoms with Gasteiger partial charge in [0.1, 0.15) is 0 Å². The molecule has 0 N–H and O–H groups in total. The lowest BCUT2D eigenvalue weighted by Crippen LogP contribution is -2.19. The van der Waals surface area contributed by atoms with Gasteiger partial charge in [0.2, 0.25) is 0 Å². The van der Waals surface area contributed by atoms with E-state index in [9.17, 15) is 0 Å². The van der Waals surface area contributed by atoms with Crippen LogP contribution in [0.15, 0.2) is 0 Å². The minimum atomic E-state index is 0.290. The lowest BCUT2D eigenvalue weighted by Gasteiger charge is -2.27. The number of hydrogen-bond acceptors (Lipinski definition) is 2. The van der Waals surface area contributed by atoms with Gasteiger partial charge in [-0.05, 0) is 49.4 Å². The average molecular weight is 262 g/mol. The van der Waals surface area contributed by atoms with E-state index in [-0.39, 0.29) is 0 Å². The molecule has 16 heavy (non-hydrogen) atoms. The number of thioether (sulfide) groups is 2. The summed E-state index contributed by atoms with van der Waals surface area (Å²) < 4.78 is 0.290. The first kappa shape index (κ1) is 16.7. The third-order valence-electron chi connectivity index (χ3n) is 2.73. The maximum atomic E-state index is 4.41. The fourth-order valence-corrected chi connectivity index (χ4v) is 3.51. The zero-order valence-corrected chi connectivity index (χ0v) is 13.2. The van der Waals surface area contributed by atoms with Crippen molar-refractivity contribution < 1.29 is 0 Å². The van der Waals surface area contributed by atoms with Crippen LogP contribution in [0.25, 0.3) is 0 Å². The average Bonchev–Trinajstić information content (AvgIpc) is 2.25. The normalized spacial score (nSPS) is 15.4. The summed E-state index contributed by atoms with van der Waals surface area (Å²) in [5, 5.41) is 0.783. The fraction of sp³-hybridized carbons (Fsp3) is 0.929. The summed E-state index contributed by atoms with van der Waals surface area (Å²) in [5.41, 5.74) is 0. The SMILES string of the molecule is [CH2]C(CC)(CCCCSC(C)C)SCCC. The zero-order valence-electron chi connectivity index (χ0n) is 11.6. The summed E-state index contributed by atoms with van der Waals surface area (Å²) in [5.74, 6) is 2.58. The molecule has 0 aliphatic rings. The third-order valence-corrected chi connectivity index (χ3v) is 5.64. The molecule has 2 heteroatoms. The maximum absolute atomic E-state index is 4.41. The molecule has 0 spiro atoms. The highest BCUT2D eigenvalue weighted by atomic mass is 32.2. The van der Waals surface area contributed by atoms with Crippen molar-refractivity contribution in [2.45, 2.75) is 69.8 Å². The lowest BCUT2D eigenvalue weighted by atomic mass is 10.0. The maximum Gasteiger partial charge on any atom is 0.0158 e. The van der Waals surface area contributed by atoms with Gasteiger partial charge < -0.3 is 0 Å². The Kier molecular flexibility index (Phi) is 10.1. The summed E-state index contributed by atoms with van der Waals surface area (Å²) in [7, 11) is 0. The Bertz CT molecular complexity index is 157. The van der Waals surface area contributed by atoms with Crippen molar-refractivity contribution in [1.82, 2.24) is 0 Å². The van der Waals surface area contributed by atoms with E-state index in [0.29, 0.717) is 4.75 Å². The van der Waals surface area contributed by atoms with Crippen molar-refractivity contribution in [3.05, 3.63) is 6.92 Å². The molecule has 0 aromatic rings. The largest absolute Gasteiger partial charge is 0.159 e. The van der Waals surface area contributed by atoms with Gasteiger partial charge in [-0.15, -0.1) is 0 Å². The molecule has 0 saturated carbocycles. The van der Waals surface area contributed by atoms with Crippen LogP contribution in [-0.2, 0) is 0 Å². The second-order valence-corrected chi connectivity index (χ2v) is 8.01. The van der Waals surface area contributed by atoms with Crippen LogP contribution in [0, 0.1) is 6.92 Å². The topological polar surface area (TPSA) is 0 Å². The summed E-state index contributed by atoms with van der Waals surface area (Å²) in [6.45, 7) is 13.5. The van der Waals surface area contributed by atoms with Crippen molar-refractivity contribution in [2.75, 3.05) is 11.5 Å². The van der Waals surface area contributed by atoms with Crippen molar-refractivity contribution in [1.29, 1.82) is 0 Å². The minimum Gasteiger partial charge on any atom is -0.159 e. The predicted molar refractivity (Wildman–Crippen MR) is 82.6 cm³/mol. The smallest absolute Gasteiger partial charge is 0.0158 e. The van der Waals surface area contributed by atoms with Gasteiger partial charge in [0.25, 0.3) is 0 Å². The van der Waals surface area contributed by atoms with Gasteiger partial charge in [-0.1, -0.05) is 34.1 Å². The molecule has 0 fully saturated rings. The van der Waals surface area contributed by atoms with E-state index < -0.39 is 0 Å². The van der Waals surface area contributed by atoms with E-state index in [0.717, 1.165) is 5.25 Å². The van der Waals surface area contributed by atoms with E-state index in [2.05, 4.69) is 58.1 Å². The molecule has 0 aliphatic carbocycles. The highest BCUT2D eigenvalue weighted by Gasteiger charge is 2.21. The van der Waals surface area contributed by atoms with Crippen LogP contribution in [0.1, 0.15) is 59.8 Å². The van der Waals surface area contributed by atoms with Crippen LogP contribution < -0.4 is 0 Å². The zero-order chi connectivity index (χ0) is 12.4. The monoisotopic (exact) mass is 261 g/mol. The predicted octanol–water partition coefficient (Wildman–Crippen LogP) is 5.42. The van der Waals surface area contributed by atoms with Crippen molar-refractivity contribution in [3.63, 3.8) is 0 Å². The molecule has 0 amide bonds. The minimum absolute atomic E-state index is 0.290. The molecule has 0 bridgehead atoms. The van der Waals surface area contributed by atoms with Crippen LogP contribution in [0.2, 0.25) is 0 Å². The molecule has 0 aromatic heterocycles. The second kappa shape index (κ2) is 9.70. The Morgan fingerprint density at radius 1 is 1.12 bits per heavy atom. The Morgan fingerprint density at radius 2 is 1.81 bits per heavy atom. The highest BCUT2D eigenvalue weighted by Crippen LogP contribution is 2.33. The Hall–Kier alpha value is 0.700. The van der Waals surface area contributed by atoms with Crippen molar-refractivity contribution in [2.24, 2.45) is 0 Å². The van der Waals surface area contributed by atoms with Gasteiger partial charge in [-0.2, -0.15) is 23.5 Å². The van der Waals surface area contributed by atoms with E-state index >= 15 is 0 Å². The van der Waals surface area contributed by atoms with Gasteiger partial charge in [0, 0.05) is 4.75 Å². The summed E-state index contributed by atoms with van der Waals surface area (Å²) >= 11 is 4.15. The molecule has 0 rings (SSSR count). The van der Waals surface area contributed by atoms with Gasteiger partial charge in [-0.3, -0.25) is 0 Å². The van der Waals surface area contributed by atoms with Crippen LogP contribution in [0.5, 0.6) is 0 Å². The van der Waals surface area contributed by atoms with E-state index in [1.54, 1.807) is 0 Å². The molecule has 1 atom stereocenters. The molecule has 0 aliphatic heterocycles. The van der Waals surface area contributed by atoms with Gasteiger partial charge in [-0.25, -0.2) is 0 Å². The molecule has 0 heterocycles. The molecule has 0 aromatic carbocycles. The highest BCUT2D eigenvalue weighted by molar-refractivity contribution is 8.00. The van der Waals surface area contributed by atoms with E-state index in [1.165, 1.54) is 43.6 Å². The number of unbranched alkanes of at least 4 members (excludes halogenated alkanes) is 1. The third kappa shape index (κ3) is 8.81. The van der Waals surface area contributed by atoms with Gasteiger partial charge >= 0.3 is 0 Å². The van der Waals surface area contributed by atoms with Gasteiger partial charge in [0.15, 0.2) is 0 Å². The molecular weight excluding hydrogens is 232 g/mol. The lowest BCUT2D eigenvalue weighted by molar-refractivity contribution is 0.581. The number of rotatable bonds is 10. The summed E-state index contributed by atoms with van der Waals surface area (Å²) in [6.07, 6.45) is 6.45. The quantitative estimate of drug-likeness (QED) is 0.481. The van der Waals surface area contributed by atoms with Crippen LogP contribution in [0.4, 0.5) is 0 Å². The molecule has 1 unspecified atom stereocenters. The van der Waals surface area contributed by atoms with Crippen molar-refractivity contribution in [3.8, 4) is 0 Å². The second-order valence-electron chi connectivity index (χ2n) is 4.76. The van der Waals surface area contributed by atoms with Gasteiger partial charge in [0.05, 0.1) is 0 Å². The van der Waals surface area contributed by atoms with Crippen molar-refractivity contribution >= 4 is 23.5 Å². The standard InChI is InChI=1S/C14H29S2/c1-6-11-16-14(5,7-2)10-8-9-12-15-13(3)4/h13H,5-12H2,1-4H3. The number of hydrogen-bond donors (Lipinski definition) is 0. The van der Waals surface area contributed by atoms with E-state index in [1.807, 2.05) is 0 Å². The molecular formula is C14H29S2. The summed E-state index contributed by atoms with van der Waals surface area (Å²) in [4.78, 5) is 0. The van der Waals surface area contributed by atoms with Crippen LogP contribution in [0.3, 0.4) is 0 Å². The molecule has 1 radical (unpaired) electrons. The molecule has 0 saturated heterocycles. The first-order chi connectivity index (χ1) is 7.54. The Labute approximate surface area is 112 Å². The van der Waals surface area contributed by atoms with E-state index in [4.69, 9.17) is 0 Å².